The van der Waals surface area contributed by atoms with Gasteiger partial charge in [0, 0.05) is 23.3 Å². The first-order valence-corrected chi connectivity index (χ1v) is 7.47. The number of hydrogen-bond donors (Lipinski definition) is 0. The fourth-order valence-electron chi connectivity index (χ4n) is 1.48. The van der Waals surface area contributed by atoms with Crippen molar-refractivity contribution in [1.82, 2.24) is 4.90 Å². The first-order chi connectivity index (χ1) is 8.38. The van der Waals surface area contributed by atoms with Crippen LogP contribution < -0.4 is 0 Å². The number of halogens is 3. The second-order valence-electron chi connectivity index (χ2n) is 3.96. The first kappa shape index (κ1) is 15.4. The smallest absolute Gasteiger partial charge is 0.259 e. The van der Waals surface area contributed by atoms with Crippen LogP contribution in [0.3, 0.4) is 0 Å². The van der Waals surface area contributed by atoms with Gasteiger partial charge in [0.05, 0.1) is 0 Å². The summed E-state index contributed by atoms with van der Waals surface area (Å²) >= 11 is 4.55. The molecule has 0 heterocycles. The van der Waals surface area contributed by atoms with Gasteiger partial charge in [-0.25, -0.2) is 8.78 Å². The molecule has 0 N–H and O–H groups in total. The van der Waals surface area contributed by atoms with Gasteiger partial charge in [-0.2, -0.15) is 11.8 Å². The highest BCUT2D eigenvalue weighted by molar-refractivity contribution is 9.10. The van der Waals surface area contributed by atoms with Crippen molar-refractivity contribution in [1.29, 1.82) is 0 Å². The molecule has 1 rings (SSSR count). The fourth-order valence-corrected chi connectivity index (χ4v) is 2.58. The van der Waals surface area contributed by atoms with Crippen LogP contribution in [0.4, 0.5) is 8.78 Å². The summed E-state index contributed by atoms with van der Waals surface area (Å²) in [7, 11) is 1.55. The predicted molar refractivity (Wildman–Crippen MR) is 74.0 cm³/mol. The average molecular weight is 338 g/mol. The molecule has 0 aliphatic carbocycles. The molecule has 0 saturated carbocycles. The minimum atomic E-state index is -0.852. The Morgan fingerprint density at radius 2 is 1.94 bits per heavy atom. The molecule has 0 spiro atoms. The molecule has 1 amide bonds. The van der Waals surface area contributed by atoms with Crippen molar-refractivity contribution < 1.29 is 13.6 Å². The van der Waals surface area contributed by atoms with Crippen LogP contribution in [0.5, 0.6) is 0 Å². The lowest BCUT2D eigenvalue weighted by atomic mass is 10.1. The molecule has 0 fully saturated rings. The first-order valence-electron chi connectivity index (χ1n) is 5.29. The highest BCUT2D eigenvalue weighted by atomic mass is 79.9. The molecule has 18 heavy (non-hydrogen) atoms. The van der Waals surface area contributed by atoms with Gasteiger partial charge in [0.15, 0.2) is 0 Å². The predicted octanol–water partition coefficient (Wildman–Crippen LogP) is 3.55. The molecule has 0 saturated heterocycles. The van der Waals surface area contributed by atoms with Gasteiger partial charge in [0.25, 0.3) is 5.91 Å². The Morgan fingerprint density at radius 1 is 1.44 bits per heavy atom. The van der Waals surface area contributed by atoms with Gasteiger partial charge >= 0.3 is 0 Å². The molecule has 2 nitrogen and oxygen atoms in total. The Kier molecular flexibility index (Phi) is 5.59. The average Bonchev–Trinajstić information content (AvgIpc) is 2.26. The maximum atomic E-state index is 13.6. The van der Waals surface area contributed by atoms with Crippen molar-refractivity contribution in [2.75, 3.05) is 19.1 Å². The van der Waals surface area contributed by atoms with Crippen molar-refractivity contribution in [2.24, 2.45) is 0 Å². The summed E-state index contributed by atoms with van der Waals surface area (Å²) in [5, 5.41) is 0. The number of hydrogen-bond acceptors (Lipinski definition) is 2. The van der Waals surface area contributed by atoms with Crippen LogP contribution >= 0.6 is 27.7 Å². The van der Waals surface area contributed by atoms with E-state index in [9.17, 15) is 13.6 Å². The van der Waals surface area contributed by atoms with E-state index in [4.69, 9.17) is 0 Å². The summed E-state index contributed by atoms with van der Waals surface area (Å²) in [5.74, 6) is -1.63. The van der Waals surface area contributed by atoms with E-state index >= 15 is 0 Å². The van der Waals surface area contributed by atoms with E-state index in [1.807, 2.05) is 13.2 Å². The quantitative estimate of drug-likeness (QED) is 0.837. The van der Waals surface area contributed by atoms with Crippen molar-refractivity contribution in [3.8, 4) is 0 Å². The second-order valence-corrected chi connectivity index (χ2v) is 5.79. The van der Waals surface area contributed by atoms with Crippen LogP contribution in [-0.2, 0) is 0 Å². The number of carbonyl (C=O) groups excluding carboxylic acids is 1. The molecular weight excluding hydrogens is 324 g/mol. The molecule has 1 atom stereocenters. The van der Waals surface area contributed by atoms with E-state index in [1.54, 1.807) is 18.8 Å². The number of thioether (sulfide) groups is 1. The van der Waals surface area contributed by atoms with Gasteiger partial charge in [-0.3, -0.25) is 4.79 Å². The van der Waals surface area contributed by atoms with Crippen LogP contribution in [0.15, 0.2) is 16.6 Å². The van der Waals surface area contributed by atoms with Crippen molar-refractivity contribution in [3.05, 3.63) is 33.8 Å². The van der Waals surface area contributed by atoms with E-state index in [-0.39, 0.29) is 10.5 Å². The zero-order valence-electron chi connectivity index (χ0n) is 10.3. The molecule has 1 unspecified atom stereocenters. The maximum absolute atomic E-state index is 13.6. The molecule has 100 valence electrons. The van der Waals surface area contributed by atoms with Crippen molar-refractivity contribution in [3.63, 3.8) is 0 Å². The Bertz CT molecular complexity index is 433. The van der Waals surface area contributed by atoms with E-state index in [1.165, 1.54) is 4.90 Å². The van der Waals surface area contributed by atoms with Gasteiger partial charge in [-0.15, -0.1) is 0 Å². The topological polar surface area (TPSA) is 20.3 Å². The lowest BCUT2D eigenvalue weighted by Gasteiger charge is -2.24. The Hall–Kier alpha value is -0.620. The van der Waals surface area contributed by atoms with E-state index in [2.05, 4.69) is 15.9 Å². The summed E-state index contributed by atoms with van der Waals surface area (Å²) in [6.45, 7) is 1.84. The fraction of sp³-hybridized carbons (Fsp3) is 0.417. The molecular formula is C12H14BrF2NOS. The molecule has 0 radical (unpaired) electrons. The largest absolute Gasteiger partial charge is 0.338 e. The van der Waals surface area contributed by atoms with Crippen LogP contribution in [0.1, 0.15) is 17.3 Å². The molecule has 6 heteroatoms. The Balaban J connectivity index is 3.04. The molecule has 1 aromatic rings. The summed E-state index contributed by atoms with van der Waals surface area (Å²) < 4.78 is 27.6. The third-order valence-electron chi connectivity index (χ3n) is 2.61. The Labute approximate surface area is 118 Å². The zero-order valence-corrected chi connectivity index (χ0v) is 12.7. The summed E-state index contributed by atoms with van der Waals surface area (Å²) in [4.78, 5) is 13.4. The summed E-state index contributed by atoms with van der Waals surface area (Å²) in [6.07, 6.45) is 1.91. The standard InChI is InChI=1S/C12H14BrF2NOS/c1-7(6-18-3)16(2)12(17)11-9(14)4-8(13)5-10(11)15/h4-5,7H,6H2,1-3H3. The molecule has 0 bridgehead atoms. The number of benzene rings is 1. The minimum Gasteiger partial charge on any atom is -0.338 e. The Morgan fingerprint density at radius 3 is 2.39 bits per heavy atom. The third kappa shape index (κ3) is 3.45. The van der Waals surface area contributed by atoms with Crippen LogP contribution in [0.2, 0.25) is 0 Å². The number of nitrogens with zero attached hydrogens (tertiary/aromatic N) is 1. The summed E-state index contributed by atoms with van der Waals surface area (Å²) in [5.41, 5.74) is -0.506. The second kappa shape index (κ2) is 6.52. The van der Waals surface area contributed by atoms with Crippen LogP contribution in [-0.4, -0.2) is 35.9 Å². The van der Waals surface area contributed by atoms with Gasteiger partial charge in [0.2, 0.25) is 0 Å². The minimum absolute atomic E-state index is 0.0880. The van der Waals surface area contributed by atoms with Gasteiger partial charge in [-0.1, -0.05) is 15.9 Å². The van der Waals surface area contributed by atoms with Gasteiger partial charge in [0.1, 0.15) is 17.2 Å². The van der Waals surface area contributed by atoms with Crippen molar-refractivity contribution in [2.45, 2.75) is 13.0 Å². The number of amides is 1. The molecule has 0 aliphatic rings. The normalized spacial score (nSPS) is 12.3. The molecule has 1 aromatic carbocycles. The van der Waals surface area contributed by atoms with E-state index < -0.39 is 23.1 Å². The molecule has 0 aliphatic heterocycles. The third-order valence-corrected chi connectivity index (χ3v) is 3.88. The SMILES string of the molecule is CSCC(C)N(C)C(=O)c1c(F)cc(Br)cc1F. The zero-order chi connectivity index (χ0) is 13.9. The lowest BCUT2D eigenvalue weighted by molar-refractivity contribution is 0.0747. The number of carbonyl (C=O) groups is 1. The van der Waals surface area contributed by atoms with Crippen LogP contribution in [0, 0.1) is 11.6 Å². The van der Waals surface area contributed by atoms with E-state index in [0.29, 0.717) is 5.75 Å². The van der Waals surface area contributed by atoms with Gasteiger partial charge in [-0.05, 0) is 25.3 Å². The van der Waals surface area contributed by atoms with Crippen molar-refractivity contribution >= 4 is 33.6 Å². The summed E-state index contributed by atoms with van der Waals surface area (Å²) in [6, 6.07) is 2.09. The van der Waals surface area contributed by atoms with Gasteiger partial charge < -0.3 is 4.90 Å². The van der Waals surface area contributed by atoms with Crippen LogP contribution in [0.25, 0.3) is 0 Å². The highest BCUT2D eigenvalue weighted by Crippen LogP contribution is 2.21. The monoisotopic (exact) mass is 337 g/mol. The number of rotatable bonds is 4. The molecule has 0 aromatic heterocycles. The lowest BCUT2D eigenvalue weighted by Crippen LogP contribution is -2.37. The maximum Gasteiger partial charge on any atom is 0.259 e. The van der Waals surface area contributed by atoms with E-state index in [0.717, 1.165) is 12.1 Å². The highest BCUT2D eigenvalue weighted by Gasteiger charge is 2.24.